The first-order valence-corrected chi connectivity index (χ1v) is 32.6. The number of ether oxygens (including phenoxy) is 10. The van der Waals surface area contributed by atoms with Crippen LogP contribution in [0.25, 0.3) is 0 Å². The summed E-state index contributed by atoms with van der Waals surface area (Å²) in [6, 6.07) is 51.0. The van der Waals surface area contributed by atoms with Gasteiger partial charge in [-0.15, -0.1) is 0 Å². The summed E-state index contributed by atoms with van der Waals surface area (Å²) in [6.45, 7) is 6.74. The maximum Gasteiger partial charge on any atom is 0.343 e. The summed E-state index contributed by atoms with van der Waals surface area (Å²) in [5, 5.41) is 0. The normalized spacial score (nSPS) is 10.8. The zero-order valence-electron chi connectivity index (χ0n) is 53.6. The summed E-state index contributed by atoms with van der Waals surface area (Å²) < 4.78 is 56.7. The van der Waals surface area contributed by atoms with Crippen molar-refractivity contribution in [1.82, 2.24) is 0 Å². The molecule has 0 heterocycles. The largest absolute Gasteiger partial charge is 0.494 e. The van der Waals surface area contributed by atoms with Crippen LogP contribution in [0.3, 0.4) is 0 Å². The number of unbranched alkanes of at least 4 members (excludes halogenated alkanes) is 15. The molecule has 0 saturated heterocycles. The molecule has 16 nitrogen and oxygen atoms in total. The van der Waals surface area contributed by atoms with Crippen molar-refractivity contribution in [2.75, 3.05) is 26.4 Å². The maximum absolute atomic E-state index is 13.1. The summed E-state index contributed by atoms with van der Waals surface area (Å²) in [4.78, 5) is 77.7. The van der Waals surface area contributed by atoms with E-state index in [4.69, 9.17) is 47.4 Å². The van der Waals surface area contributed by atoms with Crippen LogP contribution in [0.5, 0.6) is 57.5 Å². The molecule has 0 bridgehead atoms. The van der Waals surface area contributed by atoms with E-state index >= 15 is 0 Å². The van der Waals surface area contributed by atoms with Crippen LogP contribution in [0.1, 0.15) is 192 Å². The molecule has 0 aliphatic rings. The van der Waals surface area contributed by atoms with Crippen molar-refractivity contribution in [3.63, 3.8) is 0 Å². The van der Waals surface area contributed by atoms with Crippen LogP contribution in [0.15, 0.2) is 194 Å². The number of carbonyl (C=O) groups is 6. The van der Waals surface area contributed by atoms with Gasteiger partial charge in [-0.1, -0.05) is 97.0 Å². The fraction of sp³-hybridized carbons (Fsp3) is 0.308. The fourth-order valence-electron chi connectivity index (χ4n) is 9.68. The predicted molar refractivity (Wildman–Crippen MR) is 358 cm³/mol. The molecule has 0 amide bonds. The molecule has 0 spiro atoms. The lowest BCUT2D eigenvalue weighted by atomic mass is 10.1. The Morgan fingerprint density at radius 1 is 0.213 bits per heavy atom. The molecule has 0 aliphatic heterocycles. The van der Waals surface area contributed by atoms with E-state index in [1.165, 1.54) is 155 Å². The van der Waals surface area contributed by atoms with Gasteiger partial charge in [-0.05, 0) is 221 Å². The second kappa shape index (κ2) is 38.6. The van der Waals surface area contributed by atoms with E-state index in [0.717, 1.165) is 57.1 Å². The lowest BCUT2D eigenvalue weighted by Gasteiger charge is -2.10. The Morgan fingerprint density at radius 2 is 0.394 bits per heavy atom. The second-order valence-electron chi connectivity index (χ2n) is 22.5. The third-order valence-electron chi connectivity index (χ3n) is 15.0. The molecular weight excluding hydrogens is 1190 g/mol. The Balaban J connectivity index is 0.666. The van der Waals surface area contributed by atoms with Crippen LogP contribution in [0.4, 0.5) is 0 Å². The number of hydrogen-bond acceptors (Lipinski definition) is 16. The van der Waals surface area contributed by atoms with Crippen molar-refractivity contribution in [3.8, 4) is 57.5 Å². The Labute approximate surface area is 550 Å². The summed E-state index contributed by atoms with van der Waals surface area (Å²) in [6.07, 6.45) is 20.6. The molecule has 8 aromatic carbocycles. The van der Waals surface area contributed by atoms with Crippen molar-refractivity contribution < 1.29 is 76.1 Å². The average Bonchev–Trinajstić information content (AvgIpc) is 1.22. The van der Waals surface area contributed by atoms with E-state index in [0.29, 0.717) is 66.1 Å². The van der Waals surface area contributed by atoms with E-state index in [2.05, 4.69) is 13.8 Å². The highest BCUT2D eigenvalue weighted by atomic mass is 16.6. The Morgan fingerprint density at radius 3 is 0.638 bits per heavy atom. The van der Waals surface area contributed by atoms with Crippen LogP contribution in [0.2, 0.25) is 0 Å². The van der Waals surface area contributed by atoms with Crippen LogP contribution in [-0.4, -0.2) is 62.2 Å². The Hall–Kier alpha value is -10.2. The van der Waals surface area contributed by atoms with Crippen LogP contribution in [0, 0.1) is 0 Å². The molecule has 0 N–H and O–H groups in total. The summed E-state index contributed by atoms with van der Waals surface area (Å²) in [5.41, 5.74) is 1.65. The number of carbonyl (C=O) groups excluding carboxylic acids is 6. The van der Waals surface area contributed by atoms with E-state index < -0.39 is 35.8 Å². The SMILES string of the molecule is CCCCCCCCCCCCOc1ccc(C(=O)Oc2ccc(C(=O)Oc3ccc(C(=O)Oc4cccc(OC(=O)c5ccc(OC(=O)c6ccc(OCCCCCCOc7ccc(OC(=O)c8ccc(OCCCCCC)cc8)cc7)cc6)cc5)c4)cc3)cc2)cc1. The topological polar surface area (TPSA) is 195 Å². The van der Waals surface area contributed by atoms with Crippen LogP contribution in [-0.2, 0) is 0 Å². The minimum Gasteiger partial charge on any atom is -0.494 e. The number of rotatable bonds is 39. The van der Waals surface area contributed by atoms with Crippen molar-refractivity contribution in [2.45, 2.75) is 129 Å². The summed E-state index contributed by atoms with van der Waals surface area (Å²) in [5.74, 6) is 0.322. The van der Waals surface area contributed by atoms with Gasteiger partial charge in [-0.2, -0.15) is 0 Å². The first-order chi connectivity index (χ1) is 46.0. The van der Waals surface area contributed by atoms with Crippen LogP contribution < -0.4 is 47.4 Å². The minimum atomic E-state index is -0.715. The molecule has 490 valence electrons. The zero-order chi connectivity index (χ0) is 66.0. The molecule has 0 fully saturated rings. The Kier molecular flexibility index (Phi) is 28.6. The first kappa shape index (κ1) is 69.7. The molecule has 0 aromatic heterocycles. The average molecular weight is 1280 g/mol. The molecule has 16 heteroatoms. The van der Waals surface area contributed by atoms with Crippen molar-refractivity contribution >= 4 is 35.8 Å². The lowest BCUT2D eigenvalue weighted by Crippen LogP contribution is -2.11. The third kappa shape index (κ3) is 24.1. The summed E-state index contributed by atoms with van der Waals surface area (Å²) in [7, 11) is 0. The van der Waals surface area contributed by atoms with E-state index in [-0.39, 0.29) is 45.4 Å². The van der Waals surface area contributed by atoms with Gasteiger partial charge in [0, 0.05) is 6.07 Å². The fourth-order valence-corrected chi connectivity index (χ4v) is 9.68. The van der Waals surface area contributed by atoms with Gasteiger partial charge in [-0.25, -0.2) is 28.8 Å². The van der Waals surface area contributed by atoms with Crippen molar-refractivity contribution in [2.24, 2.45) is 0 Å². The molecule has 8 aromatic rings. The van der Waals surface area contributed by atoms with E-state index in [9.17, 15) is 28.8 Å². The van der Waals surface area contributed by atoms with E-state index in [1.54, 1.807) is 103 Å². The predicted octanol–water partition coefficient (Wildman–Crippen LogP) is 18.3. The quantitative estimate of drug-likeness (QED) is 0.0200. The molecule has 0 saturated carbocycles. The zero-order valence-corrected chi connectivity index (χ0v) is 53.6. The molecule has 0 unspecified atom stereocenters. The highest BCUT2D eigenvalue weighted by Crippen LogP contribution is 2.26. The van der Waals surface area contributed by atoms with Gasteiger partial charge in [-0.3, -0.25) is 0 Å². The number of benzene rings is 8. The highest BCUT2D eigenvalue weighted by molar-refractivity contribution is 5.95. The second-order valence-corrected chi connectivity index (χ2v) is 22.5. The third-order valence-corrected chi connectivity index (χ3v) is 15.0. The van der Waals surface area contributed by atoms with Gasteiger partial charge < -0.3 is 47.4 Å². The van der Waals surface area contributed by atoms with E-state index in [1.807, 2.05) is 0 Å². The van der Waals surface area contributed by atoms with Gasteiger partial charge in [0.1, 0.15) is 57.5 Å². The molecule has 94 heavy (non-hydrogen) atoms. The Bertz CT molecular complexity index is 3620. The van der Waals surface area contributed by atoms with Crippen molar-refractivity contribution in [3.05, 3.63) is 228 Å². The summed E-state index contributed by atoms with van der Waals surface area (Å²) >= 11 is 0. The lowest BCUT2D eigenvalue weighted by molar-refractivity contribution is 0.0718. The minimum absolute atomic E-state index is 0.106. The van der Waals surface area contributed by atoms with Gasteiger partial charge in [0.05, 0.1) is 59.8 Å². The van der Waals surface area contributed by atoms with Crippen molar-refractivity contribution in [1.29, 1.82) is 0 Å². The molecule has 0 aliphatic carbocycles. The van der Waals surface area contributed by atoms with Gasteiger partial charge >= 0.3 is 35.8 Å². The molecule has 0 radical (unpaired) electrons. The van der Waals surface area contributed by atoms with Gasteiger partial charge in [0.2, 0.25) is 0 Å². The van der Waals surface area contributed by atoms with Gasteiger partial charge in [0.15, 0.2) is 0 Å². The maximum atomic E-state index is 13.1. The molecular formula is C78H82O16. The first-order valence-electron chi connectivity index (χ1n) is 32.6. The number of esters is 6. The smallest absolute Gasteiger partial charge is 0.343 e. The molecule has 8 rings (SSSR count). The monoisotopic (exact) mass is 1270 g/mol. The van der Waals surface area contributed by atoms with Gasteiger partial charge in [0.25, 0.3) is 0 Å². The standard InChI is InChI=1S/C78H82O16/c1-3-5-7-9-10-11-12-13-14-18-53-86-64-38-24-57(25-39-64)73(79)89-67-42-30-60(31-43-67)76(82)91-69-46-34-62(35-47-69)78(84)94-72-23-21-22-71(56-72)93-77(83)61-32-44-68(45-33-61)90-74(80)58-26-40-65(41-27-58)87-54-19-15-16-20-55-88-66-48-50-70(51-49-66)92-75(81)59-28-36-63(37-29-59)85-52-17-8-6-4-2/h21-51,56H,3-20,52-55H2,1-2H3. The highest BCUT2D eigenvalue weighted by Gasteiger charge is 2.18. The number of hydrogen-bond donors (Lipinski definition) is 0. The van der Waals surface area contributed by atoms with Crippen LogP contribution >= 0.6 is 0 Å². The molecule has 0 atom stereocenters.